The minimum Gasteiger partial charge on any atom is -0.379 e. The third-order valence-corrected chi connectivity index (χ3v) is 3.38. The third kappa shape index (κ3) is 2.96. The first-order valence-electron chi connectivity index (χ1n) is 5.03. The highest BCUT2D eigenvalue weighted by Gasteiger charge is 2.02. The summed E-state index contributed by atoms with van der Waals surface area (Å²) in [6.45, 7) is 2.63. The number of benzene rings is 1. The Labute approximate surface area is 109 Å². The maximum atomic E-state index is 8.86. The summed E-state index contributed by atoms with van der Waals surface area (Å²) in [6, 6.07) is 7.36. The maximum absolute atomic E-state index is 8.86. The standard InChI is InChI=1S/C12H10ClN3S/c1-8-16-11(7-17-8)6-15-10-2-3-12(13)9(4-10)5-14/h2-4,7,15H,6H2,1H3. The predicted molar refractivity (Wildman–Crippen MR) is 70.3 cm³/mol. The highest BCUT2D eigenvalue weighted by atomic mass is 35.5. The number of anilines is 1. The molecule has 5 heteroatoms. The molecule has 2 aromatic rings. The fraction of sp³-hybridized carbons (Fsp3) is 0.167. The Morgan fingerprint density at radius 3 is 3.00 bits per heavy atom. The van der Waals surface area contributed by atoms with Crippen molar-refractivity contribution in [3.05, 3.63) is 44.9 Å². The van der Waals surface area contributed by atoms with Crippen molar-refractivity contribution in [3.63, 3.8) is 0 Å². The van der Waals surface area contributed by atoms with Gasteiger partial charge in [-0.05, 0) is 25.1 Å². The minimum absolute atomic E-state index is 0.475. The van der Waals surface area contributed by atoms with Crippen LogP contribution in [0.25, 0.3) is 0 Å². The van der Waals surface area contributed by atoms with Gasteiger partial charge in [0.1, 0.15) is 6.07 Å². The van der Waals surface area contributed by atoms with Crippen LogP contribution in [0.4, 0.5) is 5.69 Å². The number of halogens is 1. The van der Waals surface area contributed by atoms with Crippen LogP contribution < -0.4 is 5.32 Å². The van der Waals surface area contributed by atoms with Gasteiger partial charge in [-0.15, -0.1) is 11.3 Å². The van der Waals surface area contributed by atoms with E-state index in [1.54, 1.807) is 23.5 Å². The summed E-state index contributed by atoms with van der Waals surface area (Å²) in [5.41, 5.74) is 2.35. The van der Waals surface area contributed by atoms with Gasteiger partial charge in [-0.3, -0.25) is 0 Å². The van der Waals surface area contributed by atoms with Crippen molar-refractivity contribution in [2.24, 2.45) is 0 Å². The molecular weight excluding hydrogens is 254 g/mol. The van der Waals surface area contributed by atoms with E-state index in [4.69, 9.17) is 16.9 Å². The van der Waals surface area contributed by atoms with E-state index in [2.05, 4.69) is 16.4 Å². The predicted octanol–water partition coefficient (Wildman–Crippen LogP) is 3.59. The van der Waals surface area contributed by atoms with Gasteiger partial charge in [0.05, 0.1) is 27.8 Å². The molecule has 0 saturated carbocycles. The number of rotatable bonds is 3. The van der Waals surface area contributed by atoms with Gasteiger partial charge in [0.15, 0.2) is 0 Å². The Morgan fingerprint density at radius 1 is 1.53 bits per heavy atom. The van der Waals surface area contributed by atoms with Gasteiger partial charge in [0.25, 0.3) is 0 Å². The molecule has 1 aromatic heterocycles. The Kier molecular flexibility index (Phi) is 3.62. The third-order valence-electron chi connectivity index (χ3n) is 2.23. The summed E-state index contributed by atoms with van der Waals surface area (Å²) in [4.78, 5) is 4.35. The number of nitriles is 1. The van der Waals surface area contributed by atoms with Crippen molar-refractivity contribution in [3.8, 4) is 6.07 Å². The van der Waals surface area contributed by atoms with Gasteiger partial charge in [-0.1, -0.05) is 11.6 Å². The van der Waals surface area contributed by atoms with Crippen molar-refractivity contribution in [2.75, 3.05) is 5.32 Å². The normalized spacial score (nSPS) is 9.94. The minimum atomic E-state index is 0.475. The average molecular weight is 264 g/mol. The topological polar surface area (TPSA) is 48.7 Å². The van der Waals surface area contributed by atoms with Crippen molar-refractivity contribution in [2.45, 2.75) is 13.5 Å². The fourth-order valence-corrected chi connectivity index (χ4v) is 2.18. The van der Waals surface area contributed by atoms with Crippen LogP contribution in [0.2, 0.25) is 5.02 Å². The number of nitrogens with zero attached hydrogens (tertiary/aromatic N) is 2. The maximum Gasteiger partial charge on any atom is 0.101 e. The molecule has 0 amide bonds. The van der Waals surface area contributed by atoms with Crippen molar-refractivity contribution < 1.29 is 0 Å². The molecule has 0 radical (unpaired) electrons. The summed E-state index contributed by atoms with van der Waals surface area (Å²) in [7, 11) is 0. The van der Waals surface area contributed by atoms with Crippen LogP contribution >= 0.6 is 22.9 Å². The molecule has 0 aliphatic carbocycles. The van der Waals surface area contributed by atoms with E-state index in [0.29, 0.717) is 17.1 Å². The number of thiazole rings is 1. The number of hydrogen-bond acceptors (Lipinski definition) is 4. The van der Waals surface area contributed by atoms with E-state index >= 15 is 0 Å². The number of nitrogens with one attached hydrogen (secondary N) is 1. The molecule has 1 heterocycles. The van der Waals surface area contributed by atoms with Crippen molar-refractivity contribution in [1.82, 2.24) is 4.98 Å². The molecule has 0 atom stereocenters. The molecule has 86 valence electrons. The van der Waals surface area contributed by atoms with E-state index < -0.39 is 0 Å². The smallest absolute Gasteiger partial charge is 0.101 e. The summed E-state index contributed by atoms with van der Waals surface area (Å²) < 4.78 is 0. The van der Waals surface area contributed by atoms with Gasteiger partial charge >= 0.3 is 0 Å². The van der Waals surface area contributed by atoms with E-state index in [9.17, 15) is 0 Å². The molecular formula is C12H10ClN3S. The van der Waals surface area contributed by atoms with Crippen LogP contribution in [0.3, 0.4) is 0 Å². The van der Waals surface area contributed by atoms with E-state index in [1.807, 2.05) is 18.4 Å². The lowest BCUT2D eigenvalue weighted by atomic mass is 10.2. The highest BCUT2D eigenvalue weighted by molar-refractivity contribution is 7.09. The quantitative estimate of drug-likeness (QED) is 0.921. The lowest BCUT2D eigenvalue weighted by molar-refractivity contribution is 1.05. The molecule has 0 spiro atoms. The molecule has 17 heavy (non-hydrogen) atoms. The monoisotopic (exact) mass is 263 g/mol. The number of aromatic nitrogens is 1. The second-order valence-corrected chi connectivity index (χ2v) is 4.99. The lowest BCUT2D eigenvalue weighted by Crippen LogP contribution is -2.00. The van der Waals surface area contributed by atoms with Gasteiger partial charge in [-0.2, -0.15) is 5.26 Å². The zero-order valence-electron chi connectivity index (χ0n) is 9.20. The van der Waals surface area contributed by atoms with Crippen LogP contribution in [0.5, 0.6) is 0 Å². The first-order valence-corrected chi connectivity index (χ1v) is 6.29. The van der Waals surface area contributed by atoms with Crippen LogP contribution in [0, 0.1) is 18.3 Å². The van der Waals surface area contributed by atoms with E-state index in [-0.39, 0.29) is 0 Å². The molecule has 0 aliphatic heterocycles. The first-order chi connectivity index (χ1) is 8.19. The lowest BCUT2D eigenvalue weighted by Gasteiger charge is -2.05. The number of aryl methyl sites for hydroxylation is 1. The van der Waals surface area contributed by atoms with Crippen molar-refractivity contribution >= 4 is 28.6 Å². The summed E-state index contributed by atoms with van der Waals surface area (Å²) in [5, 5.41) is 15.6. The van der Waals surface area contributed by atoms with Gasteiger partial charge < -0.3 is 5.32 Å². The second kappa shape index (κ2) is 5.17. The molecule has 3 nitrogen and oxygen atoms in total. The van der Waals surface area contributed by atoms with Crippen LogP contribution in [0.15, 0.2) is 23.6 Å². The molecule has 0 bridgehead atoms. The largest absolute Gasteiger partial charge is 0.379 e. The molecule has 0 unspecified atom stereocenters. The molecule has 0 aliphatic rings. The Balaban J connectivity index is 2.07. The Bertz CT molecular complexity index is 571. The summed E-state index contributed by atoms with van der Waals surface area (Å²) >= 11 is 7.48. The van der Waals surface area contributed by atoms with Crippen LogP contribution in [-0.4, -0.2) is 4.98 Å². The van der Waals surface area contributed by atoms with Crippen molar-refractivity contribution in [1.29, 1.82) is 5.26 Å². The van der Waals surface area contributed by atoms with Crippen LogP contribution in [-0.2, 0) is 6.54 Å². The molecule has 1 aromatic carbocycles. The van der Waals surface area contributed by atoms with Gasteiger partial charge in [-0.25, -0.2) is 4.98 Å². The summed E-state index contributed by atoms with van der Waals surface area (Å²) in [5.74, 6) is 0. The molecule has 1 N–H and O–H groups in total. The molecule has 2 rings (SSSR count). The zero-order valence-corrected chi connectivity index (χ0v) is 10.8. The molecule has 0 fully saturated rings. The zero-order chi connectivity index (χ0) is 12.3. The second-order valence-electron chi connectivity index (χ2n) is 3.52. The fourth-order valence-electron chi connectivity index (χ4n) is 1.40. The average Bonchev–Trinajstić information content (AvgIpc) is 2.74. The highest BCUT2D eigenvalue weighted by Crippen LogP contribution is 2.20. The Morgan fingerprint density at radius 2 is 2.35 bits per heavy atom. The summed E-state index contributed by atoms with van der Waals surface area (Å²) in [6.07, 6.45) is 0. The van der Waals surface area contributed by atoms with Crippen LogP contribution in [0.1, 0.15) is 16.3 Å². The van der Waals surface area contributed by atoms with E-state index in [0.717, 1.165) is 16.4 Å². The Hall–Kier alpha value is -1.57. The van der Waals surface area contributed by atoms with Gasteiger partial charge in [0, 0.05) is 11.1 Å². The van der Waals surface area contributed by atoms with Gasteiger partial charge in [0.2, 0.25) is 0 Å². The number of hydrogen-bond donors (Lipinski definition) is 1. The SMILES string of the molecule is Cc1nc(CNc2ccc(Cl)c(C#N)c2)cs1. The van der Waals surface area contributed by atoms with E-state index in [1.165, 1.54) is 0 Å². The first kappa shape index (κ1) is 11.9. The molecule has 0 saturated heterocycles.